The Morgan fingerprint density at radius 1 is 0.920 bits per heavy atom. The zero-order valence-corrected chi connectivity index (χ0v) is 19.6. The van der Waals surface area contributed by atoms with Gasteiger partial charge >= 0.3 is 57.4 Å². The van der Waals surface area contributed by atoms with Crippen molar-refractivity contribution in [1.82, 2.24) is 0 Å². The minimum Gasteiger partial charge on any atom is -0.544 e. The van der Waals surface area contributed by atoms with Crippen LogP contribution in [-0.4, -0.2) is 58.4 Å². The number of aliphatic carboxylic acids is 2. The molecule has 0 heterocycles. The van der Waals surface area contributed by atoms with Crippen LogP contribution in [0.2, 0.25) is 0 Å². The fraction of sp³-hybridized carbons (Fsp3) is 0.889. The summed E-state index contributed by atoms with van der Waals surface area (Å²) in [6.07, 6.45) is 6.88. The van der Waals surface area contributed by atoms with Gasteiger partial charge in [0.05, 0.1) is 19.1 Å². The summed E-state index contributed by atoms with van der Waals surface area (Å²) in [5.41, 5.74) is 0. The Hall–Kier alpha value is 0.496. The van der Waals surface area contributed by atoms with Gasteiger partial charge in [-0.05, 0) is 12.8 Å². The molecule has 0 radical (unpaired) electrons. The molecule has 0 saturated heterocycles. The van der Waals surface area contributed by atoms with E-state index in [1.54, 1.807) is 13.8 Å². The Labute approximate surface area is 195 Å². The average molecular weight is 385 g/mol. The molecule has 0 saturated carbocycles. The van der Waals surface area contributed by atoms with Crippen LogP contribution in [0.5, 0.6) is 0 Å². The Morgan fingerprint density at radius 2 is 1.44 bits per heavy atom. The van der Waals surface area contributed by atoms with Crippen LogP contribution in [0.4, 0.5) is 0 Å². The molecule has 3 unspecified atom stereocenters. The molecule has 142 valence electrons. The van der Waals surface area contributed by atoms with Crippen molar-refractivity contribution in [1.29, 1.82) is 0 Å². The molecular formula is C18H35KNO5+. The first kappa shape index (κ1) is 27.7. The van der Waals surface area contributed by atoms with Crippen LogP contribution in [-0.2, 0) is 9.59 Å². The number of carbonyl (C=O) groups is 2. The van der Waals surface area contributed by atoms with Crippen molar-refractivity contribution < 1.29 is 80.8 Å². The Balaban J connectivity index is 0. The molecule has 25 heavy (non-hydrogen) atoms. The van der Waals surface area contributed by atoms with Crippen molar-refractivity contribution in [2.24, 2.45) is 0 Å². The third-order valence-corrected chi connectivity index (χ3v) is 5.02. The summed E-state index contributed by atoms with van der Waals surface area (Å²) < 4.78 is -0.116. The number of quaternary nitrogens is 1. The van der Waals surface area contributed by atoms with Crippen molar-refractivity contribution in [2.45, 2.75) is 84.2 Å². The maximum Gasteiger partial charge on any atom is 1.00 e. The summed E-state index contributed by atoms with van der Waals surface area (Å²) in [6.45, 7) is 5.99. The van der Waals surface area contributed by atoms with E-state index in [0.717, 1.165) is 32.1 Å². The number of carboxylic acids is 2. The Bertz CT molecular complexity index is 356. The van der Waals surface area contributed by atoms with Crippen LogP contribution >= 0.6 is 0 Å². The molecule has 2 N–H and O–H groups in total. The Kier molecular flexibility index (Phi) is 17.2. The first-order valence-corrected chi connectivity index (χ1v) is 9.32. The van der Waals surface area contributed by atoms with E-state index in [1.807, 2.05) is 0 Å². The van der Waals surface area contributed by atoms with Gasteiger partial charge in [0.25, 0.3) is 0 Å². The summed E-state index contributed by atoms with van der Waals surface area (Å²) >= 11 is 0. The fourth-order valence-corrected chi connectivity index (χ4v) is 3.82. The largest absolute Gasteiger partial charge is 1.00 e. The number of hydrogen-bond donors (Lipinski definition) is 2. The summed E-state index contributed by atoms with van der Waals surface area (Å²) in [6, 6.07) is -1.75. The molecule has 0 bridgehead atoms. The number of aliphatic hydroxyl groups excluding tert-OH is 1. The second-order valence-corrected chi connectivity index (χ2v) is 6.55. The third kappa shape index (κ3) is 8.82. The molecule has 0 aromatic rings. The molecule has 6 nitrogen and oxygen atoms in total. The predicted octanol–water partition coefficient (Wildman–Crippen LogP) is -1.45. The van der Waals surface area contributed by atoms with E-state index in [9.17, 15) is 24.9 Å². The van der Waals surface area contributed by atoms with Crippen molar-refractivity contribution >= 4 is 11.9 Å². The third-order valence-electron chi connectivity index (χ3n) is 5.02. The van der Waals surface area contributed by atoms with Gasteiger partial charge in [-0.1, -0.05) is 46.5 Å². The van der Waals surface area contributed by atoms with E-state index < -0.39 is 24.0 Å². The summed E-state index contributed by atoms with van der Waals surface area (Å²) in [7, 11) is 0. The molecule has 0 rings (SSSR count). The predicted molar refractivity (Wildman–Crippen MR) is 91.3 cm³/mol. The minimum absolute atomic E-state index is 0. The van der Waals surface area contributed by atoms with Crippen LogP contribution in [0.25, 0.3) is 0 Å². The second-order valence-electron chi connectivity index (χ2n) is 6.55. The van der Waals surface area contributed by atoms with Gasteiger partial charge in [0, 0.05) is 12.8 Å². The van der Waals surface area contributed by atoms with Gasteiger partial charge in [-0.25, -0.2) is 4.79 Å². The molecule has 0 aliphatic rings. The van der Waals surface area contributed by atoms with Gasteiger partial charge in [0.1, 0.15) is 12.6 Å². The topological polar surface area (TPSA) is 97.7 Å². The quantitative estimate of drug-likeness (QED) is 0.205. The van der Waals surface area contributed by atoms with E-state index in [4.69, 9.17) is 0 Å². The van der Waals surface area contributed by atoms with Crippen LogP contribution in [0.15, 0.2) is 0 Å². The summed E-state index contributed by atoms with van der Waals surface area (Å²) in [5, 5.41) is 30.8. The SMILES string of the molecule is CCCCCCCC[N+](CCO)(C(CC)C(=O)[O-])C(CC)C(=O)O.[K+]. The summed E-state index contributed by atoms with van der Waals surface area (Å²) in [5.74, 6) is -2.23. The molecule has 0 aliphatic carbocycles. The van der Waals surface area contributed by atoms with E-state index in [-0.39, 0.29) is 69.0 Å². The molecule has 0 fully saturated rings. The average Bonchev–Trinajstić information content (AvgIpc) is 2.51. The van der Waals surface area contributed by atoms with Gasteiger partial charge in [0.15, 0.2) is 6.04 Å². The van der Waals surface area contributed by atoms with Crippen LogP contribution in [0, 0.1) is 0 Å². The normalized spacial score (nSPS) is 15.7. The second kappa shape index (κ2) is 15.5. The van der Waals surface area contributed by atoms with Gasteiger partial charge in [-0.3, -0.25) is 0 Å². The van der Waals surface area contributed by atoms with E-state index in [2.05, 4.69) is 6.92 Å². The van der Waals surface area contributed by atoms with Gasteiger partial charge in [-0.2, -0.15) is 0 Å². The number of carboxylic acid groups (broad SMARTS) is 2. The van der Waals surface area contributed by atoms with Gasteiger partial charge in [-0.15, -0.1) is 0 Å². The van der Waals surface area contributed by atoms with E-state index in [1.165, 1.54) is 6.42 Å². The maximum absolute atomic E-state index is 11.8. The number of rotatable bonds is 15. The molecule has 0 aromatic carbocycles. The maximum atomic E-state index is 11.8. The first-order valence-electron chi connectivity index (χ1n) is 9.32. The minimum atomic E-state index is -1.23. The smallest absolute Gasteiger partial charge is 0.544 e. The number of hydrogen-bond acceptors (Lipinski definition) is 4. The molecule has 0 aliphatic heterocycles. The Morgan fingerprint density at radius 3 is 1.84 bits per heavy atom. The number of aliphatic hydroxyl groups is 1. The monoisotopic (exact) mass is 384 g/mol. The molecule has 0 amide bonds. The fourth-order valence-electron chi connectivity index (χ4n) is 3.82. The van der Waals surface area contributed by atoms with Crippen molar-refractivity contribution in [3.05, 3.63) is 0 Å². The molecule has 0 spiro atoms. The van der Waals surface area contributed by atoms with Crippen molar-refractivity contribution in [3.63, 3.8) is 0 Å². The van der Waals surface area contributed by atoms with Crippen LogP contribution in [0.3, 0.4) is 0 Å². The van der Waals surface area contributed by atoms with Crippen LogP contribution < -0.4 is 56.5 Å². The zero-order valence-electron chi connectivity index (χ0n) is 16.5. The number of nitrogens with zero attached hydrogens (tertiary/aromatic N) is 1. The summed E-state index contributed by atoms with van der Waals surface area (Å²) in [4.78, 5) is 23.4. The standard InChI is InChI=1S/C18H35NO5.K/c1-4-7-8-9-10-11-12-19(13-14-20,15(5-2)17(21)22)16(6-3)18(23)24;/h15-16,20H,4-14H2,1-3H3,(H-,21,22,23,24);/q;+1. The van der Waals surface area contributed by atoms with Crippen LogP contribution in [0.1, 0.15) is 72.1 Å². The van der Waals surface area contributed by atoms with E-state index >= 15 is 0 Å². The van der Waals surface area contributed by atoms with Crippen molar-refractivity contribution in [2.75, 3.05) is 19.7 Å². The molecule has 0 aromatic heterocycles. The first-order chi connectivity index (χ1) is 11.4. The molecule has 7 heteroatoms. The zero-order chi connectivity index (χ0) is 18.6. The van der Waals surface area contributed by atoms with Gasteiger partial charge in [0.2, 0.25) is 0 Å². The number of carbonyl (C=O) groups excluding carboxylic acids is 1. The molecular weight excluding hydrogens is 349 g/mol. The molecule has 3 atom stereocenters. The number of unbranched alkanes of at least 4 members (excludes halogenated alkanes) is 5. The van der Waals surface area contributed by atoms with Gasteiger partial charge < -0.3 is 24.6 Å². The van der Waals surface area contributed by atoms with E-state index in [0.29, 0.717) is 19.4 Å². The van der Waals surface area contributed by atoms with Crippen molar-refractivity contribution in [3.8, 4) is 0 Å².